The highest BCUT2D eigenvalue weighted by Gasteiger charge is 2.42. The van der Waals surface area contributed by atoms with Crippen molar-refractivity contribution in [1.82, 2.24) is 0 Å². The van der Waals surface area contributed by atoms with E-state index in [4.69, 9.17) is 0 Å². The summed E-state index contributed by atoms with van der Waals surface area (Å²) < 4.78 is 0. The van der Waals surface area contributed by atoms with Gasteiger partial charge in [-0.2, -0.15) is 0 Å². The van der Waals surface area contributed by atoms with E-state index in [2.05, 4.69) is 72.8 Å². The van der Waals surface area contributed by atoms with Crippen LogP contribution in [0.5, 0.6) is 0 Å². The van der Waals surface area contributed by atoms with E-state index in [9.17, 15) is 0 Å². The highest BCUT2D eigenvalue weighted by atomic mass is 31.2. The first-order chi connectivity index (χ1) is 8.42. The second kappa shape index (κ2) is 4.47. The van der Waals surface area contributed by atoms with E-state index < -0.39 is 7.26 Å². The van der Waals surface area contributed by atoms with Gasteiger partial charge < -0.3 is 0 Å². The zero-order valence-corrected chi connectivity index (χ0v) is 10.7. The molecule has 1 aliphatic rings. The number of hydrogen-bond donors (Lipinski definition) is 0. The summed E-state index contributed by atoms with van der Waals surface area (Å²) in [5.41, 5.74) is 0. The summed E-state index contributed by atoms with van der Waals surface area (Å²) in [5, 5.41) is 3.08. The van der Waals surface area contributed by atoms with E-state index in [1.54, 1.807) is 0 Å². The molecule has 0 radical (unpaired) electrons. The molecule has 2 aromatic rings. The minimum atomic E-state index is -1.16. The van der Waals surface area contributed by atoms with Crippen molar-refractivity contribution in [3.8, 4) is 0 Å². The summed E-state index contributed by atoms with van der Waals surface area (Å²) in [5.74, 6) is 0. The lowest BCUT2D eigenvalue weighted by atomic mass is 10.4. The summed E-state index contributed by atoms with van der Waals surface area (Å²) in [6.45, 7) is 0. The maximum Gasteiger partial charge on any atom is 0.0998 e. The molecule has 0 nitrogen and oxygen atoms in total. The first-order valence-electron chi connectivity index (χ1n) is 6.05. The van der Waals surface area contributed by atoms with Gasteiger partial charge in [0, 0.05) is 0 Å². The Morgan fingerprint density at radius 2 is 1.00 bits per heavy atom. The summed E-state index contributed by atoms with van der Waals surface area (Å²) in [6.07, 6.45) is 7.16. The smallest absolute Gasteiger partial charge is 0.0620 e. The first kappa shape index (κ1) is 10.7. The zero-order chi connectivity index (χ0) is 11.6. The average Bonchev–Trinajstić information content (AvgIpc) is 2.91. The molecule has 1 aliphatic heterocycles. The highest BCUT2D eigenvalue weighted by molar-refractivity contribution is 7.90. The molecule has 84 valence electrons. The molecule has 0 N–H and O–H groups in total. The topological polar surface area (TPSA) is 0 Å². The molecule has 0 fully saturated rings. The average molecular weight is 239 g/mol. The van der Waals surface area contributed by atoms with Gasteiger partial charge >= 0.3 is 0 Å². The van der Waals surface area contributed by atoms with Gasteiger partial charge in [-0.25, -0.2) is 0 Å². The van der Waals surface area contributed by atoms with Gasteiger partial charge in [0.05, 0.1) is 30.2 Å². The number of benzene rings is 2. The normalized spacial score (nSPS) is 17.2. The first-order valence-corrected chi connectivity index (χ1v) is 8.21. The SMILES string of the molecule is C1=CC[P+](c2ccccc2)(c2ccccc2)C1. The van der Waals surface area contributed by atoms with Gasteiger partial charge in [0.25, 0.3) is 0 Å². The lowest BCUT2D eigenvalue weighted by Gasteiger charge is -2.22. The van der Waals surface area contributed by atoms with Crippen LogP contribution in [-0.4, -0.2) is 12.3 Å². The van der Waals surface area contributed by atoms with E-state index in [1.165, 1.54) is 22.9 Å². The van der Waals surface area contributed by atoms with Crippen LogP contribution in [0.4, 0.5) is 0 Å². The van der Waals surface area contributed by atoms with Crippen molar-refractivity contribution in [3.63, 3.8) is 0 Å². The molecule has 17 heavy (non-hydrogen) atoms. The molecule has 0 saturated heterocycles. The molecule has 1 heterocycles. The number of rotatable bonds is 2. The summed E-state index contributed by atoms with van der Waals surface area (Å²) in [6, 6.07) is 22.1. The molecular weight excluding hydrogens is 223 g/mol. The van der Waals surface area contributed by atoms with Crippen molar-refractivity contribution < 1.29 is 0 Å². The molecule has 0 aromatic heterocycles. The molecule has 0 unspecified atom stereocenters. The van der Waals surface area contributed by atoms with Gasteiger partial charge in [-0.3, -0.25) is 0 Å². The summed E-state index contributed by atoms with van der Waals surface area (Å²) >= 11 is 0. The van der Waals surface area contributed by atoms with Crippen LogP contribution >= 0.6 is 7.26 Å². The van der Waals surface area contributed by atoms with Crippen molar-refractivity contribution in [1.29, 1.82) is 0 Å². The lowest BCUT2D eigenvalue weighted by molar-refractivity contribution is 1.68. The van der Waals surface area contributed by atoms with Gasteiger partial charge in [0.1, 0.15) is 0 Å². The second-order valence-corrected chi connectivity index (χ2v) is 8.17. The number of allylic oxidation sites excluding steroid dienone is 2. The molecule has 0 bridgehead atoms. The molecule has 0 aliphatic carbocycles. The van der Waals surface area contributed by atoms with Crippen LogP contribution in [0.15, 0.2) is 72.8 Å². The Hall–Kier alpha value is -1.39. The molecule has 3 rings (SSSR count). The summed E-state index contributed by atoms with van der Waals surface area (Å²) in [7, 11) is -1.16. The van der Waals surface area contributed by atoms with Crippen molar-refractivity contribution >= 4 is 17.9 Å². The predicted molar refractivity (Wildman–Crippen MR) is 77.9 cm³/mol. The van der Waals surface area contributed by atoms with Crippen molar-refractivity contribution in [2.45, 2.75) is 0 Å². The van der Waals surface area contributed by atoms with E-state index in [0.717, 1.165) is 0 Å². The fraction of sp³-hybridized carbons (Fsp3) is 0.125. The van der Waals surface area contributed by atoms with Crippen molar-refractivity contribution in [2.75, 3.05) is 12.3 Å². The molecule has 2 aromatic carbocycles. The minimum absolute atomic E-state index is 1.16. The molecule has 0 atom stereocenters. The van der Waals surface area contributed by atoms with Crippen LogP contribution in [-0.2, 0) is 0 Å². The Morgan fingerprint density at radius 3 is 1.41 bits per heavy atom. The molecule has 1 heteroatoms. The third kappa shape index (κ3) is 1.83. The Morgan fingerprint density at radius 1 is 0.588 bits per heavy atom. The fourth-order valence-electron chi connectivity index (χ4n) is 2.58. The van der Waals surface area contributed by atoms with Gasteiger partial charge in [-0.05, 0) is 36.4 Å². The molecule has 0 saturated carbocycles. The number of hydrogen-bond acceptors (Lipinski definition) is 0. The molecular formula is C16H16P+. The van der Waals surface area contributed by atoms with Gasteiger partial charge in [-0.15, -0.1) is 0 Å². The van der Waals surface area contributed by atoms with Crippen LogP contribution in [0.2, 0.25) is 0 Å². The van der Waals surface area contributed by atoms with Crippen LogP contribution in [0.25, 0.3) is 0 Å². The Kier molecular flexibility index (Phi) is 2.82. The molecule has 0 amide bonds. The van der Waals surface area contributed by atoms with E-state index in [-0.39, 0.29) is 0 Å². The fourth-order valence-corrected chi connectivity index (χ4v) is 6.37. The highest BCUT2D eigenvalue weighted by Crippen LogP contribution is 2.58. The van der Waals surface area contributed by atoms with E-state index >= 15 is 0 Å². The Bertz CT molecular complexity index is 464. The van der Waals surface area contributed by atoms with E-state index in [0.29, 0.717) is 0 Å². The van der Waals surface area contributed by atoms with Crippen LogP contribution in [0.1, 0.15) is 0 Å². The Balaban J connectivity index is 2.12. The predicted octanol–water partition coefficient (Wildman–Crippen LogP) is 3.22. The van der Waals surface area contributed by atoms with Gasteiger partial charge in [-0.1, -0.05) is 36.4 Å². The maximum absolute atomic E-state index is 2.35. The monoisotopic (exact) mass is 239 g/mol. The van der Waals surface area contributed by atoms with Gasteiger partial charge in [0.2, 0.25) is 0 Å². The third-order valence-electron chi connectivity index (χ3n) is 3.50. The second-order valence-electron chi connectivity index (χ2n) is 4.48. The Labute approximate surface area is 103 Å². The largest absolute Gasteiger partial charge is 0.0998 e. The third-order valence-corrected chi connectivity index (χ3v) is 7.74. The minimum Gasteiger partial charge on any atom is -0.0620 e. The maximum atomic E-state index is 2.35. The van der Waals surface area contributed by atoms with Crippen molar-refractivity contribution in [2.24, 2.45) is 0 Å². The molecule has 0 spiro atoms. The standard InChI is InChI=1S/C16H16P/c1-3-9-15(10-4-1)17(13-7-8-14-17)16-11-5-2-6-12-16/h1-12H,13-14H2/q+1. The van der Waals surface area contributed by atoms with Crippen LogP contribution in [0, 0.1) is 0 Å². The summed E-state index contributed by atoms with van der Waals surface area (Å²) in [4.78, 5) is 0. The van der Waals surface area contributed by atoms with E-state index in [1.807, 2.05) is 0 Å². The van der Waals surface area contributed by atoms with Crippen LogP contribution < -0.4 is 10.6 Å². The lowest BCUT2D eigenvalue weighted by Crippen LogP contribution is -2.24. The zero-order valence-electron chi connectivity index (χ0n) is 9.79. The van der Waals surface area contributed by atoms with Crippen LogP contribution in [0.3, 0.4) is 0 Å². The van der Waals surface area contributed by atoms with Gasteiger partial charge in [0.15, 0.2) is 0 Å². The quantitative estimate of drug-likeness (QED) is 0.557. The van der Waals surface area contributed by atoms with Crippen molar-refractivity contribution in [3.05, 3.63) is 72.8 Å².